The molecule has 2 heterocycles. The summed E-state index contributed by atoms with van der Waals surface area (Å²) in [5, 5.41) is 3.15. The van der Waals surface area contributed by atoms with E-state index in [1.807, 2.05) is 18.2 Å². The van der Waals surface area contributed by atoms with Crippen molar-refractivity contribution in [2.75, 3.05) is 26.2 Å². The van der Waals surface area contributed by atoms with Crippen LogP contribution in [-0.4, -0.2) is 45.4 Å². The topological polar surface area (TPSA) is 71.0 Å². The smallest absolute Gasteiger partial charge is 0.285 e. The van der Waals surface area contributed by atoms with E-state index in [2.05, 4.69) is 49.3 Å². The summed E-state index contributed by atoms with van der Waals surface area (Å²) in [5.41, 5.74) is 1.92. The predicted molar refractivity (Wildman–Crippen MR) is 127 cm³/mol. The highest BCUT2D eigenvalue weighted by molar-refractivity contribution is 14.1. The van der Waals surface area contributed by atoms with Crippen LogP contribution in [0.25, 0.3) is 0 Å². The van der Waals surface area contributed by atoms with Gasteiger partial charge in [0, 0.05) is 22.2 Å². The van der Waals surface area contributed by atoms with Crippen LogP contribution in [0.15, 0.2) is 51.8 Å². The van der Waals surface area contributed by atoms with E-state index in [9.17, 15) is 8.42 Å². The van der Waals surface area contributed by atoms with Crippen LogP contribution >= 0.6 is 22.6 Å². The van der Waals surface area contributed by atoms with Gasteiger partial charge < -0.3 is 10.1 Å². The van der Waals surface area contributed by atoms with Gasteiger partial charge in [-0.25, -0.2) is 0 Å². The fourth-order valence-corrected chi connectivity index (χ4v) is 5.75. The quantitative estimate of drug-likeness (QED) is 0.429. The van der Waals surface area contributed by atoms with Crippen LogP contribution in [0.4, 0.5) is 0 Å². The predicted octanol–water partition coefficient (Wildman–Crippen LogP) is 3.78. The molecule has 0 spiro atoms. The van der Waals surface area contributed by atoms with Crippen LogP contribution < -0.4 is 10.1 Å². The molecule has 0 atom stereocenters. The molecule has 1 N–H and O–H groups in total. The molecule has 0 aromatic heterocycles. The second-order valence-electron chi connectivity index (χ2n) is 7.67. The van der Waals surface area contributed by atoms with Gasteiger partial charge in [0.2, 0.25) is 0 Å². The number of likely N-dealkylation sites (tertiary alicyclic amines) is 1. The van der Waals surface area contributed by atoms with Crippen LogP contribution in [0.3, 0.4) is 0 Å². The fraction of sp³-hybridized carbons (Fsp3) is 0.409. The number of benzene rings is 2. The minimum atomic E-state index is -3.59. The van der Waals surface area contributed by atoms with E-state index in [0.29, 0.717) is 24.6 Å². The van der Waals surface area contributed by atoms with E-state index in [4.69, 9.17) is 4.74 Å². The Morgan fingerprint density at radius 2 is 1.93 bits per heavy atom. The van der Waals surface area contributed by atoms with Gasteiger partial charge in [-0.2, -0.15) is 8.42 Å². The Morgan fingerprint density at radius 3 is 2.77 bits per heavy atom. The summed E-state index contributed by atoms with van der Waals surface area (Å²) in [5.74, 6) is 1.30. The molecule has 30 heavy (non-hydrogen) atoms. The Bertz CT molecular complexity index is 1030. The molecule has 0 saturated carbocycles. The van der Waals surface area contributed by atoms with Crippen molar-refractivity contribution >= 4 is 38.4 Å². The minimum Gasteiger partial charge on any atom is -0.494 e. The number of piperidine rings is 1. The van der Waals surface area contributed by atoms with Gasteiger partial charge in [0.15, 0.2) is 0 Å². The molecule has 0 aliphatic carbocycles. The SMILES string of the molecule is O=S1(=O)N=C(NCCCOc2cccc(CN3CCCCC3)c2)c2ccc(I)cc21. The molecule has 2 aliphatic rings. The highest BCUT2D eigenvalue weighted by Crippen LogP contribution is 2.27. The Balaban J connectivity index is 1.25. The number of hydrogen-bond donors (Lipinski definition) is 1. The molecule has 0 radical (unpaired) electrons. The molecule has 1 saturated heterocycles. The third kappa shape index (κ3) is 5.33. The van der Waals surface area contributed by atoms with Gasteiger partial charge in [0.05, 0.1) is 6.61 Å². The van der Waals surface area contributed by atoms with Crippen LogP contribution in [0.5, 0.6) is 5.75 Å². The molecule has 8 heteroatoms. The second kappa shape index (κ2) is 9.65. The van der Waals surface area contributed by atoms with E-state index >= 15 is 0 Å². The summed E-state index contributed by atoms with van der Waals surface area (Å²) in [6, 6.07) is 13.6. The van der Waals surface area contributed by atoms with E-state index in [1.165, 1.54) is 37.9 Å². The highest BCUT2D eigenvalue weighted by atomic mass is 127. The van der Waals surface area contributed by atoms with Crippen molar-refractivity contribution in [3.8, 4) is 5.75 Å². The van der Waals surface area contributed by atoms with E-state index in [-0.39, 0.29) is 4.90 Å². The van der Waals surface area contributed by atoms with E-state index in [1.54, 1.807) is 12.1 Å². The lowest BCUT2D eigenvalue weighted by molar-refractivity contribution is 0.220. The Hall–Kier alpha value is -1.65. The first-order chi connectivity index (χ1) is 14.5. The first kappa shape index (κ1) is 21.6. The number of nitrogens with zero attached hydrogens (tertiary/aromatic N) is 2. The molecule has 2 aliphatic heterocycles. The maximum atomic E-state index is 12.2. The molecule has 6 nitrogen and oxygen atoms in total. The number of halogens is 1. The van der Waals surface area contributed by atoms with Gasteiger partial charge in [0.1, 0.15) is 16.5 Å². The summed E-state index contributed by atoms with van der Waals surface area (Å²) >= 11 is 2.10. The summed E-state index contributed by atoms with van der Waals surface area (Å²) in [4.78, 5) is 2.78. The zero-order chi connectivity index (χ0) is 21.0. The lowest BCUT2D eigenvalue weighted by Gasteiger charge is -2.26. The number of hydrogen-bond acceptors (Lipinski definition) is 5. The van der Waals surface area contributed by atoms with Crippen LogP contribution in [0, 0.1) is 3.57 Å². The molecule has 0 bridgehead atoms. The van der Waals surface area contributed by atoms with Crippen molar-refractivity contribution < 1.29 is 13.2 Å². The zero-order valence-electron chi connectivity index (χ0n) is 16.8. The fourth-order valence-electron chi connectivity index (χ4n) is 3.83. The minimum absolute atomic E-state index is 0.277. The number of fused-ring (bicyclic) bond motifs is 1. The van der Waals surface area contributed by atoms with Crippen molar-refractivity contribution in [1.29, 1.82) is 0 Å². The lowest BCUT2D eigenvalue weighted by atomic mass is 10.1. The molecule has 2 aromatic carbocycles. The van der Waals surface area contributed by atoms with Crippen molar-refractivity contribution in [1.82, 2.24) is 10.2 Å². The molecule has 1 fully saturated rings. The van der Waals surface area contributed by atoms with Crippen molar-refractivity contribution in [3.05, 3.63) is 57.2 Å². The Kier molecular flexibility index (Phi) is 6.94. The molecule has 160 valence electrons. The van der Waals surface area contributed by atoms with E-state index in [0.717, 1.165) is 22.3 Å². The molecule has 0 amide bonds. The van der Waals surface area contributed by atoms with Gasteiger partial charge in [0.25, 0.3) is 10.0 Å². The molecular formula is C22H26IN3O3S. The number of ether oxygens (including phenoxy) is 1. The van der Waals surface area contributed by atoms with Gasteiger partial charge >= 0.3 is 0 Å². The molecule has 4 rings (SSSR count). The zero-order valence-corrected chi connectivity index (χ0v) is 19.8. The maximum absolute atomic E-state index is 12.2. The largest absolute Gasteiger partial charge is 0.494 e. The first-order valence-corrected chi connectivity index (χ1v) is 12.9. The third-order valence-corrected chi connectivity index (χ3v) is 7.31. The van der Waals surface area contributed by atoms with Gasteiger partial charge in [-0.15, -0.1) is 4.40 Å². The number of nitrogens with one attached hydrogen (secondary N) is 1. The monoisotopic (exact) mass is 539 g/mol. The van der Waals surface area contributed by atoms with Crippen LogP contribution in [0.2, 0.25) is 0 Å². The van der Waals surface area contributed by atoms with E-state index < -0.39 is 10.0 Å². The Labute approximate surface area is 191 Å². The number of rotatable bonds is 7. The standard InChI is InChI=1S/C22H26IN3O3S/c23-18-8-9-20-21(15-18)30(27,28)25-22(20)24-10-5-13-29-19-7-4-6-17(14-19)16-26-11-2-1-3-12-26/h4,6-9,14-15H,1-3,5,10-13,16H2,(H,24,25). The molecule has 0 unspecified atom stereocenters. The first-order valence-electron chi connectivity index (χ1n) is 10.3. The summed E-state index contributed by atoms with van der Waals surface area (Å²) in [7, 11) is -3.59. The Morgan fingerprint density at radius 1 is 1.10 bits per heavy atom. The molecular weight excluding hydrogens is 513 g/mol. The summed E-state index contributed by atoms with van der Waals surface area (Å²) in [6.07, 6.45) is 4.67. The number of amidine groups is 1. The highest BCUT2D eigenvalue weighted by Gasteiger charge is 2.28. The van der Waals surface area contributed by atoms with Crippen LogP contribution in [-0.2, 0) is 16.6 Å². The maximum Gasteiger partial charge on any atom is 0.285 e. The molecule has 2 aromatic rings. The normalized spacial score (nSPS) is 18.0. The average Bonchev–Trinajstić information content (AvgIpc) is 2.98. The van der Waals surface area contributed by atoms with Crippen molar-refractivity contribution in [2.24, 2.45) is 4.40 Å². The van der Waals surface area contributed by atoms with Crippen LogP contribution in [0.1, 0.15) is 36.8 Å². The van der Waals surface area contributed by atoms with Gasteiger partial charge in [-0.3, -0.25) is 4.90 Å². The van der Waals surface area contributed by atoms with Crippen molar-refractivity contribution in [3.63, 3.8) is 0 Å². The lowest BCUT2D eigenvalue weighted by Crippen LogP contribution is -2.29. The second-order valence-corrected chi connectivity index (χ2v) is 10.5. The average molecular weight is 539 g/mol. The van der Waals surface area contributed by atoms with Crippen molar-refractivity contribution in [2.45, 2.75) is 37.1 Å². The summed E-state index contributed by atoms with van der Waals surface area (Å²) < 4.78 is 35.1. The summed E-state index contributed by atoms with van der Waals surface area (Å²) in [6.45, 7) is 4.48. The van der Waals surface area contributed by atoms with Gasteiger partial charge in [-0.1, -0.05) is 18.6 Å². The number of sulfonamides is 1. The van der Waals surface area contributed by atoms with Gasteiger partial charge in [-0.05, 0) is 90.8 Å². The third-order valence-electron chi connectivity index (χ3n) is 5.32.